The summed E-state index contributed by atoms with van der Waals surface area (Å²) in [6.45, 7) is 7.59. The summed E-state index contributed by atoms with van der Waals surface area (Å²) in [6, 6.07) is 0. The van der Waals surface area contributed by atoms with Gasteiger partial charge in [-0.3, -0.25) is 4.79 Å². The van der Waals surface area contributed by atoms with E-state index in [-0.39, 0.29) is 29.8 Å². The molecule has 0 radical (unpaired) electrons. The molecule has 0 spiro atoms. The molecule has 14 heavy (non-hydrogen) atoms. The van der Waals surface area contributed by atoms with Gasteiger partial charge in [0.2, 0.25) is 5.91 Å². The normalized spacial score (nSPS) is 20.5. The highest BCUT2D eigenvalue weighted by Gasteiger charge is 2.28. The fourth-order valence-corrected chi connectivity index (χ4v) is 1.60. The van der Waals surface area contributed by atoms with E-state index in [9.17, 15) is 4.79 Å². The van der Waals surface area contributed by atoms with Gasteiger partial charge in [0.1, 0.15) is 0 Å². The Kier molecular flexibility index (Phi) is 4.89. The molecule has 1 saturated heterocycles. The average molecular weight is 221 g/mol. The molecule has 1 heterocycles. The van der Waals surface area contributed by atoms with Crippen LogP contribution in [0.15, 0.2) is 0 Å². The Labute approximate surface area is 92.4 Å². The van der Waals surface area contributed by atoms with Crippen LogP contribution in [0.25, 0.3) is 0 Å². The third-order valence-electron chi connectivity index (χ3n) is 2.71. The molecule has 1 amide bonds. The maximum Gasteiger partial charge on any atom is 0.225 e. The second kappa shape index (κ2) is 4.99. The molecule has 2 N–H and O–H groups in total. The zero-order valence-corrected chi connectivity index (χ0v) is 10.1. The van der Waals surface area contributed by atoms with Crippen LogP contribution in [0.1, 0.15) is 33.6 Å². The Morgan fingerprint density at radius 1 is 1.36 bits per heavy atom. The fraction of sp³-hybridized carbons (Fsp3) is 0.900. The van der Waals surface area contributed by atoms with Crippen molar-refractivity contribution in [3.63, 3.8) is 0 Å². The van der Waals surface area contributed by atoms with E-state index in [1.165, 1.54) is 0 Å². The monoisotopic (exact) mass is 220 g/mol. The maximum atomic E-state index is 11.6. The Balaban J connectivity index is 0.00000169. The van der Waals surface area contributed by atoms with Gasteiger partial charge in [0, 0.05) is 24.5 Å². The van der Waals surface area contributed by atoms with Crippen molar-refractivity contribution in [2.75, 3.05) is 13.1 Å². The smallest absolute Gasteiger partial charge is 0.225 e. The standard InChI is InChI=1S/C10H20N2O.ClH/c1-8(2)9(13)12-6-4-10(3,11)5-7-12;/h8H,4-7,11H2,1-3H3;1H. The summed E-state index contributed by atoms with van der Waals surface area (Å²) in [4.78, 5) is 13.5. The summed E-state index contributed by atoms with van der Waals surface area (Å²) >= 11 is 0. The predicted octanol–water partition coefficient (Wildman–Crippen LogP) is 1.40. The first-order chi connectivity index (χ1) is 5.92. The van der Waals surface area contributed by atoms with Crippen LogP contribution in [0.2, 0.25) is 0 Å². The number of carbonyl (C=O) groups excluding carboxylic acids is 1. The zero-order valence-electron chi connectivity index (χ0n) is 9.25. The lowest BCUT2D eigenvalue weighted by molar-refractivity contribution is -0.135. The molecule has 1 fully saturated rings. The number of halogens is 1. The minimum absolute atomic E-state index is 0. The highest BCUT2D eigenvalue weighted by atomic mass is 35.5. The van der Waals surface area contributed by atoms with Crippen molar-refractivity contribution in [1.29, 1.82) is 0 Å². The summed E-state index contributed by atoms with van der Waals surface area (Å²) in [5.74, 6) is 0.373. The van der Waals surface area contributed by atoms with Gasteiger partial charge in [0.15, 0.2) is 0 Å². The van der Waals surface area contributed by atoms with Gasteiger partial charge in [-0.15, -0.1) is 12.4 Å². The number of hydrogen-bond acceptors (Lipinski definition) is 2. The van der Waals surface area contributed by atoms with Crippen molar-refractivity contribution in [1.82, 2.24) is 4.90 Å². The van der Waals surface area contributed by atoms with Crippen LogP contribution >= 0.6 is 12.4 Å². The van der Waals surface area contributed by atoms with Gasteiger partial charge in [-0.2, -0.15) is 0 Å². The highest BCUT2D eigenvalue weighted by Crippen LogP contribution is 2.19. The van der Waals surface area contributed by atoms with E-state index in [0.29, 0.717) is 0 Å². The first-order valence-corrected chi connectivity index (χ1v) is 5.00. The van der Waals surface area contributed by atoms with E-state index in [1.807, 2.05) is 18.7 Å². The van der Waals surface area contributed by atoms with E-state index in [0.717, 1.165) is 25.9 Å². The average Bonchev–Trinajstić information content (AvgIpc) is 2.03. The van der Waals surface area contributed by atoms with E-state index >= 15 is 0 Å². The van der Waals surface area contributed by atoms with Crippen molar-refractivity contribution in [2.24, 2.45) is 11.7 Å². The van der Waals surface area contributed by atoms with Crippen molar-refractivity contribution in [3.8, 4) is 0 Å². The van der Waals surface area contributed by atoms with Gasteiger partial charge in [0.25, 0.3) is 0 Å². The van der Waals surface area contributed by atoms with Gasteiger partial charge >= 0.3 is 0 Å². The molecular formula is C10H21ClN2O. The zero-order chi connectivity index (χ0) is 10.1. The molecule has 0 atom stereocenters. The third-order valence-corrected chi connectivity index (χ3v) is 2.71. The molecular weight excluding hydrogens is 200 g/mol. The molecule has 0 aromatic heterocycles. The number of piperidine rings is 1. The van der Waals surface area contributed by atoms with Crippen molar-refractivity contribution in [2.45, 2.75) is 39.2 Å². The lowest BCUT2D eigenvalue weighted by Gasteiger charge is -2.37. The lowest BCUT2D eigenvalue weighted by Crippen LogP contribution is -2.50. The van der Waals surface area contributed by atoms with E-state index < -0.39 is 0 Å². The number of hydrogen-bond donors (Lipinski definition) is 1. The second-order valence-corrected chi connectivity index (χ2v) is 4.63. The molecule has 4 heteroatoms. The Morgan fingerprint density at radius 2 is 1.79 bits per heavy atom. The molecule has 3 nitrogen and oxygen atoms in total. The van der Waals surface area contributed by atoms with Gasteiger partial charge in [-0.25, -0.2) is 0 Å². The minimum Gasteiger partial charge on any atom is -0.342 e. The minimum atomic E-state index is -0.0617. The highest BCUT2D eigenvalue weighted by molar-refractivity contribution is 5.85. The number of nitrogens with two attached hydrogens (primary N) is 1. The van der Waals surface area contributed by atoms with Crippen molar-refractivity contribution in [3.05, 3.63) is 0 Å². The number of amides is 1. The van der Waals surface area contributed by atoms with Crippen LogP contribution in [-0.4, -0.2) is 29.4 Å². The molecule has 0 aromatic rings. The summed E-state index contributed by atoms with van der Waals surface area (Å²) in [7, 11) is 0. The first kappa shape index (κ1) is 13.7. The molecule has 0 aliphatic carbocycles. The van der Waals surface area contributed by atoms with Crippen LogP contribution in [0.5, 0.6) is 0 Å². The van der Waals surface area contributed by atoms with Crippen LogP contribution in [-0.2, 0) is 4.79 Å². The number of rotatable bonds is 1. The van der Waals surface area contributed by atoms with E-state index in [2.05, 4.69) is 6.92 Å². The maximum absolute atomic E-state index is 11.6. The molecule has 0 bridgehead atoms. The van der Waals surface area contributed by atoms with Gasteiger partial charge in [-0.1, -0.05) is 13.8 Å². The topological polar surface area (TPSA) is 46.3 Å². The number of likely N-dealkylation sites (tertiary alicyclic amines) is 1. The molecule has 1 aliphatic rings. The first-order valence-electron chi connectivity index (χ1n) is 5.00. The Hall–Kier alpha value is -0.280. The number of carbonyl (C=O) groups is 1. The quantitative estimate of drug-likeness (QED) is 0.726. The van der Waals surface area contributed by atoms with Gasteiger partial charge < -0.3 is 10.6 Å². The molecule has 0 unspecified atom stereocenters. The summed E-state index contributed by atoms with van der Waals surface area (Å²) in [6.07, 6.45) is 1.84. The van der Waals surface area contributed by atoms with Crippen molar-refractivity contribution >= 4 is 18.3 Å². The Bertz CT molecular complexity index is 194. The summed E-state index contributed by atoms with van der Waals surface area (Å²) in [5, 5.41) is 0. The number of nitrogens with zero attached hydrogens (tertiary/aromatic N) is 1. The van der Waals surface area contributed by atoms with Gasteiger partial charge in [-0.05, 0) is 19.8 Å². The summed E-state index contributed by atoms with van der Waals surface area (Å²) in [5.41, 5.74) is 5.92. The SMILES string of the molecule is CC(C)C(=O)N1CCC(C)(N)CC1.Cl. The fourth-order valence-electron chi connectivity index (χ4n) is 1.60. The lowest BCUT2D eigenvalue weighted by atomic mass is 9.90. The third kappa shape index (κ3) is 3.46. The van der Waals surface area contributed by atoms with Crippen LogP contribution in [0.3, 0.4) is 0 Å². The molecule has 1 rings (SSSR count). The van der Waals surface area contributed by atoms with Gasteiger partial charge in [0.05, 0.1) is 0 Å². The molecule has 84 valence electrons. The second-order valence-electron chi connectivity index (χ2n) is 4.63. The predicted molar refractivity (Wildman–Crippen MR) is 60.5 cm³/mol. The molecule has 0 saturated carbocycles. The Morgan fingerprint density at radius 3 is 2.14 bits per heavy atom. The largest absolute Gasteiger partial charge is 0.342 e. The van der Waals surface area contributed by atoms with E-state index in [4.69, 9.17) is 5.73 Å². The van der Waals surface area contributed by atoms with Crippen molar-refractivity contribution < 1.29 is 4.79 Å². The van der Waals surface area contributed by atoms with Crippen LogP contribution in [0, 0.1) is 5.92 Å². The van der Waals surface area contributed by atoms with Crippen LogP contribution < -0.4 is 5.73 Å². The summed E-state index contributed by atoms with van der Waals surface area (Å²) < 4.78 is 0. The molecule has 0 aromatic carbocycles. The molecule has 1 aliphatic heterocycles. The van der Waals surface area contributed by atoms with Crippen LogP contribution in [0.4, 0.5) is 0 Å². The van der Waals surface area contributed by atoms with E-state index in [1.54, 1.807) is 0 Å².